The second-order valence-corrected chi connectivity index (χ2v) is 7.03. The lowest BCUT2D eigenvalue weighted by atomic mass is 10.3. The van der Waals surface area contributed by atoms with Crippen LogP contribution in [0.5, 0.6) is 5.75 Å². The zero-order chi connectivity index (χ0) is 20.6. The molecule has 0 aliphatic heterocycles. The lowest BCUT2D eigenvalue weighted by Crippen LogP contribution is -2.26. The van der Waals surface area contributed by atoms with Gasteiger partial charge in [-0.2, -0.15) is 0 Å². The smallest absolute Gasteiger partial charge is 0.286 e. The van der Waals surface area contributed by atoms with E-state index >= 15 is 0 Å². The van der Waals surface area contributed by atoms with Crippen molar-refractivity contribution in [2.24, 2.45) is 0 Å². The first kappa shape index (κ1) is 20.5. The Morgan fingerprint density at radius 2 is 1.93 bits per heavy atom. The molecule has 1 aromatic carbocycles. The third-order valence-electron chi connectivity index (χ3n) is 3.72. The highest BCUT2D eigenvalue weighted by Crippen LogP contribution is 2.17. The molecule has 0 aliphatic rings. The molecule has 152 valence electrons. The van der Waals surface area contributed by atoms with E-state index < -0.39 is 0 Å². The molecule has 29 heavy (non-hydrogen) atoms. The van der Waals surface area contributed by atoms with Gasteiger partial charge >= 0.3 is 0 Å². The lowest BCUT2D eigenvalue weighted by Gasteiger charge is -2.04. The van der Waals surface area contributed by atoms with Gasteiger partial charge in [-0.05, 0) is 43.3 Å². The molecule has 2 amide bonds. The van der Waals surface area contributed by atoms with Crippen LogP contribution in [0.25, 0.3) is 0 Å². The summed E-state index contributed by atoms with van der Waals surface area (Å²) in [4.78, 5) is 24.0. The van der Waals surface area contributed by atoms with Crippen molar-refractivity contribution in [2.75, 3.05) is 19.0 Å². The monoisotopic (exact) mass is 416 g/mol. The minimum absolute atomic E-state index is 0.0841. The molecule has 0 bridgehead atoms. The molecule has 3 rings (SSSR count). The van der Waals surface area contributed by atoms with E-state index in [4.69, 9.17) is 13.9 Å². The fraction of sp³-hybridized carbons (Fsp3) is 0.263. The summed E-state index contributed by atoms with van der Waals surface area (Å²) in [6.07, 6.45) is 0. The average molecular weight is 416 g/mol. The summed E-state index contributed by atoms with van der Waals surface area (Å²) in [5, 5.41) is 13.9. The van der Waals surface area contributed by atoms with Crippen LogP contribution in [0.1, 0.15) is 26.3 Å². The predicted octanol–water partition coefficient (Wildman–Crippen LogP) is 2.53. The fourth-order valence-corrected chi connectivity index (χ4v) is 2.98. The molecule has 0 fully saturated rings. The first-order chi connectivity index (χ1) is 14.0. The molecule has 0 atom stereocenters. The predicted molar refractivity (Wildman–Crippen MR) is 106 cm³/mol. The van der Waals surface area contributed by atoms with E-state index in [1.54, 1.807) is 37.4 Å². The standard InChI is InChI=1S/C19H20N4O5S/c1-12-3-6-15(28-12)9-20-16(24)10-27-11-17-22-23-19(29-17)18(25)21-13-4-7-14(26-2)8-5-13/h3-8H,9-11H2,1-2H3,(H,20,24)(H,21,25). The Kier molecular flexibility index (Phi) is 6.93. The molecule has 9 nitrogen and oxygen atoms in total. The van der Waals surface area contributed by atoms with Crippen LogP contribution in [0.3, 0.4) is 0 Å². The van der Waals surface area contributed by atoms with Gasteiger partial charge in [0.1, 0.15) is 35.5 Å². The van der Waals surface area contributed by atoms with E-state index in [0.717, 1.165) is 17.1 Å². The molecule has 0 aliphatic carbocycles. The number of benzene rings is 1. The number of carbonyl (C=O) groups is 2. The largest absolute Gasteiger partial charge is 0.497 e. The molecular formula is C19H20N4O5S. The van der Waals surface area contributed by atoms with Gasteiger partial charge in [0.2, 0.25) is 10.9 Å². The summed E-state index contributed by atoms with van der Waals surface area (Å²) in [5.74, 6) is 1.51. The summed E-state index contributed by atoms with van der Waals surface area (Å²) in [7, 11) is 1.57. The van der Waals surface area contributed by atoms with Crippen LogP contribution in [0.4, 0.5) is 5.69 Å². The Hall–Kier alpha value is -3.24. The molecular weight excluding hydrogens is 396 g/mol. The van der Waals surface area contributed by atoms with Crippen LogP contribution in [0.2, 0.25) is 0 Å². The number of aromatic nitrogens is 2. The maximum absolute atomic E-state index is 12.2. The van der Waals surface area contributed by atoms with Gasteiger partial charge in [-0.25, -0.2) is 0 Å². The molecule has 2 N–H and O–H groups in total. The number of nitrogens with one attached hydrogen (secondary N) is 2. The van der Waals surface area contributed by atoms with Crippen LogP contribution in [0.15, 0.2) is 40.8 Å². The molecule has 0 saturated carbocycles. The van der Waals surface area contributed by atoms with Crippen molar-refractivity contribution in [3.63, 3.8) is 0 Å². The van der Waals surface area contributed by atoms with Crippen molar-refractivity contribution in [3.05, 3.63) is 57.9 Å². The van der Waals surface area contributed by atoms with E-state index in [-0.39, 0.29) is 30.0 Å². The zero-order valence-electron chi connectivity index (χ0n) is 15.9. The van der Waals surface area contributed by atoms with E-state index in [0.29, 0.717) is 28.7 Å². The first-order valence-corrected chi connectivity index (χ1v) is 9.52. The third-order valence-corrected chi connectivity index (χ3v) is 4.62. The normalized spacial score (nSPS) is 10.6. The quantitative estimate of drug-likeness (QED) is 0.551. The number of nitrogens with zero attached hydrogens (tertiary/aromatic N) is 2. The van der Waals surface area contributed by atoms with Crippen LogP contribution in [-0.4, -0.2) is 35.7 Å². The van der Waals surface area contributed by atoms with E-state index in [1.807, 2.05) is 13.0 Å². The number of hydrogen-bond donors (Lipinski definition) is 2. The van der Waals surface area contributed by atoms with Crippen LogP contribution >= 0.6 is 11.3 Å². The average Bonchev–Trinajstić information content (AvgIpc) is 3.36. The summed E-state index contributed by atoms with van der Waals surface area (Å²) in [5.41, 5.74) is 0.618. The van der Waals surface area contributed by atoms with Gasteiger partial charge in [0.05, 0.1) is 13.7 Å². The molecule has 2 heterocycles. The van der Waals surface area contributed by atoms with Gasteiger partial charge in [-0.1, -0.05) is 11.3 Å². The highest BCUT2D eigenvalue weighted by molar-refractivity contribution is 7.13. The maximum Gasteiger partial charge on any atom is 0.286 e. The van der Waals surface area contributed by atoms with Gasteiger partial charge in [0.25, 0.3) is 5.91 Å². The number of hydrogen-bond acceptors (Lipinski definition) is 8. The molecule has 0 unspecified atom stereocenters. The van der Waals surface area contributed by atoms with Gasteiger partial charge < -0.3 is 24.5 Å². The molecule has 0 saturated heterocycles. The van der Waals surface area contributed by atoms with Crippen LogP contribution in [-0.2, 0) is 22.7 Å². The number of methoxy groups -OCH3 is 1. The highest BCUT2D eigenvalue weighted by atomic mass is 32.1. The van der Waals surface area contributed by atoms with Crippen LogP contribution < -0.4 is 15.4 Å². The molecule has 10 heteroatoms. The molecule has 0 radical (unpaired) electrons. The summed E-state index contributed by atoms with van der Waals surface area (Å²) < 4.78 is 15.8. The molecule has 2 aromatic heterocycles. The second-order valence-electron chi connectivity index (χ2n) is 5.97. The zero-order valence-corrected chi connectivity index (χ0v) is 16.7. The van der Waals surface area contributed by atoms with E-state index in [9.17, 15) is 9.59 Å². The van der Waals surface area contributed by atoms with Gasteiger partial charge in [0, 0.05) is 5.69 Å². The Labute approximate surface area is 171 Å². The maximum atomic E-state index is 12.2. The fourth-order valence-electron chi connectivity index (χ4n) is 2.31. The lowest BCUT2D eigenvalue weighted by molar-refractivity contribution is -0.126. The second kappa shape index (κ2) is 9.80. The van der Waals surface area contributed by atoms with Crippen molar-refractivity contribution in [1.82, 2.24) is 15.5 Å². The summed E-state index contributed by atoms with van der Waals surface area (Å²) >= 11 is 1.10. The number of anilines is 1. The van der Waals surface area contributed by atoms with Gasteiger partial charge in [-0.15, -0.1) is 10.2 Å². The number of rotatable bonds is 9. The summed E-state index contributed by atoms with van der Waals surface area (Å²) in [6.45, 7) is 2.08. The minimum atomic E-state index is -0.370. The first-order valence-electron chi connectivity index (χ1n) is 8.71. The van der Waals surface area contributed by atoms with E-state index in [1.165, 1.54) is 0 Å². The van der Waals surface area contributed by atoms with Gasteiger partial charge in [0.15, 0.2) is 0 Å². The Morgan fingerprint density at radius 3 is 2.62 bits per heavy atom. The van der Waals surface area contributed by atoms with Crippen molar-refractivity contribution in [3.8, 4) is 5.75 Å². The van der Waals surface area contributed by atoms with Crippen molar-refractivity contribution < 1.29 is 23.5 Å². The summed E-state index contributed by atoms with van der Waals surface area (Å²) in [6, 6.07) is 10.6. The van der Waals surface area contributed by atoms with E-state index in [2.05, 4.69) is 20.8 Å². The number of amides is 2. The minimum Gasteiger partial charge on any atom is -0.497 e. The Balaban J connectivity index is 1.41. The number of furan rings is 1. The Bertz CT molecular complexity index is 967. The Morgan fingerprint density at radius 1 is 1.14 bits per heavy atom. The van der Waals surface area contributed by atoms with Crippen molar-refractivity contribution in [1.29, 1.82) is 0 Å². The number of aryl methyl sites for hydroxylation is 1. The van der Waals surface area contributed by atoms with Crippen LogP contribution in [0, 0.1) is 6.92 Å². The topological polar surface area (TPSA) is 116 Å². The van der Waals surface area contributed by atoms with Gasteiger partial charge in [-0.3, -0.25) is 9.59 Å². The SMILES string of the molecule is COc1ccc(NC(=O)c2nnc(COCC(=O)NCc3ccc(C)o3)s2)cc1. The van der Waals surface area contributed by atoms with Crippen molar-refractivity contribution >= 4 is 28.8 Å². The highest BCUT2D eigenvalue weighted by Gasteiger charge is 2.14. The number of ether oxygens (including phenoxy) is 2. The van der Waals surface area contributed by atoms with Crippen molar-refractivity contribution in [2.45, 2.75) is 20.1 Å². The molecule has 3 aromatic rings. The number of carbonyl (C=O) groups excluding carboxylic acids is 2. The molecule has 0 spiro atoms. The third kappa shape index (κ3) is 6.13.